The number of ether oxygens (including phenoxy) is 1. The van der Waals surface area contributed by atoms with E-state index in [2.05, 4.69) is 11.0 Å². The van der Waals surface area contributed by atoms with Gasteiger partial charge in [0.2, 0.25) is 5.91 Å². The van der Waals surface area contributed by atoms with Crippen LogP contribution in [0.15, 0.2) is 24.3 Å². The van der Waals surface area contributed by atoms with Gasteiger partial charge in [-0.2, -0.15) is 0 Å². The van der Waals surface area contributed by atoms with E-state index in [9.17, 15) is 4.79 Å². The molecule has 0 aromatic heterocycles. The highest BCUT2D eigenvalue weighted by Gasteiger charge is 2.53. The molecule has 3 fully saturated rings. The zero-order valence-corrected chi connectivity index (χ0v) is 15.2. The number of primary amides is 1. The van der Waals surface area contributed by atoms with E-state index in [1.807, 2.05) is 19.2 Å². The Morgan fingerprint density at radius 3 is 2.44 bits per heavy atom. The summed E-state index contributed by atoms with van der Waals surface area (Å²) in [4.78, 5) is 14.3. The van der Waals surface area contributed by atoms with Crippen molar-refractivity contribution in [2.75, 3.05) is 26.7 Å². The minimum Gasteiger partial charge on any atom is -0.373 e. The molecule has 4 heteroatoms. The Morgan fingerprint density at radius 1 is 1.20 bits per heavy atom. The van der Waals surface area contributed by atoms with Crippen LogP contribution in [0.1, 0.15) is 54.4 Å². The zero-order chi connectivity index (χ0) is 17.4. The van der Waals surface area contributed by atoms with Gasteiger partial charge in [0.25, 0.3) is 0 Å². The van der Waals surface area contributed by atoms with Gasteiger partial charge < -0.3 is 15.4 Å². The van der Waals surface area contributed by atoms with Crippen LogP contribution in [0, 0.1) is 17.8 Å². The summed E-state index contributed by atoms with van der Waals surface area (Å²) in [5.41, 5.74) is 6.99. The number of methoxy groups -OCH3 is 1. The third kappa shape index (κ3) is 2.89. The Balaban J connectivity index is 1.64. The van der Waals surface area contributed by atoms with E-state index in [1.165, 1.54) is 45.1 Å². The quantitative estimate of drug-likeness (QED) is 0.894. The van der Waals surface area contributed by atoms with Gasteiger partial charge in [-0.3, -0.25) is 4.79 Å². The maximum atomic E-state index is 11.7. The molecule has 4 rings (SSSR count). The van der Waals surface area contributed by atoms with Crippen molar-refractivity contribution < 1.29 is 9.53 Å². The summed E-state index contributed by atoms with van der Waals surface area (Å²) in [5, 5.41) is 0. The van der Waals surface area contributed by atoms with Crippen molar-refractivity contribution in [2.24, 2.45) is 23.5 Å². The highest BCUT2D eigenvalue weighted by molar-refractivity contribution is 5.92. The third-order valence-corrected chi connectivity index (χ3v) is 6.95. The first-order chi connectivity index (χ1) is 12.1. The molecule has 2 N–H and O–H groups in total. The summed E-state index contributed by atoms with van der Waals surface area (Å²) < 4.78 is 6.28. The van der Waals surface area contributed by atoms with Gasteiger partial charge in [-0.15, -0.1) is 0 Å². The summed E-state index contributed by atoms with van der Waals surface area (Å²) in [6.45, 7) is 3.48. The molecule has 1 aromatic carbocycles. The average Bonchev–Trinajstić information content (AvgIpc) is 2.57. The lowest BCUT2D eigenvalue weighted by Gasteiger charge is -2.56. The first-order valence-corrected chi connectivity index (χ1v) is 9.81. The number of likely N-dealkylation sites (tertiary alicyclic amines) is 1. The van der Waals surface area contributed by atoms with E-state index in [0.717, 1.165) is 24.6 Å². The molecule has 1 aromatic rings. The number of nitrogens with two attached hydrogens (primary N) is 1. The number of rotatable bonds is 5. The molecular weight excluding hydrogens is 312 g/mol. The predicted octanol–water partition coefficient (Wildman–Crippen LogP) is 3.16. The average molecular weight is 342 g/mol. The molecule has 1 aliphatic heterocycles. The normalized spacial score (nSPS) is 33.0. The van der Waals surface area contributed by atoms with Gasteiger partial charge in [0, 0.05) is 44.1 Å². The molecule has 2 saturated carbocycles. The van der Waals surface area contributed by atoms with Crippen LogP contribution in [0.4, 0.5) is 0 Å². The highest BCUT2D eigenvalue weighted by Crippen LogP contribution is 2.51. The first kappa shape index (κ1) is 17.0. The maximum Gasteiger partial charge on any atom is 0.248 e. The maximum absolute atomic E-state index is 11.7. The topological polar surface area (TPSA) is 55.6 Å². The molecule has 2 aliphatic carbocycles. The van der Waals surface area contributed by atoms with Crippen molar-refractivity contribution in [3.8, 4) is 0 Å². The van der Waals surface area contributed by atoms with Crippen molar-refractivity contribution in [1.82, 2.24) is 4.90 Å². The number of benzene rings is 1. The van der Waals surface area contributed by atoms with Gasteiger partial charge in [-0.25, -0.2) is 0 Å². The predicted molar refractivity (Wildman–Crippen MR) is 98.3 cm³/mol. The lowest BCUT2D eigenvalue weighted by Crippen LogP contribution is -2.59. The van der Waals surface area contributed by atoms with E-state index >= 15 is 0 Å². The monoisotopic (exact) mass is 342 g/mol. The summed E-state index contributed by atoms with van der Waals surface area (Å²) in [7, 11) is 1.85. The van der Waals surface area contributed by atoms with E-state index in [4.69, 9.17) is 10.5 Å². The standard InChI is InChI=1S/C21H30N2O2/c1-25-21(17-8-3-7-16(11-17)20(22)24)18-9-4-10-19(21)14-23(13-18)12-15-5-2-6-15/h3,7-8,11,15,18-19H,2,4-6,9-10,12-14H2,1H3,(H2,22,24)/t18-,19+,21?. The zero-order valence-electron chi connectivity index (χ0n) is 15.2. The van der Waals surface area contributed by atoms with Crippen molar-refractivity contribution >= 4 is 5.91 Å². The molecule has 2 bridgehead atoms. The summed E-state index contributed by atoms with van der Waals surface area (Å²) in [5.74, 6) is 1.54. The van der Waals surface area contributed by atoms with E-state index in [1.54, 1.807) is 6.07 Å². The van der Waals surface area contributed by atoms with Gasteiger partial charge in [0.05, 0.1) is 0 Å². The number of fused-ring (bicyclic) bond motifs is 2. The Bertz CT molecular complexity index is 627. The van der Waals surface area contributed by atoms with Crippen molar-refractivity contribution in [3.63, 3.8) is 0 Å². The fraction of sp³-hybridized carbons (Fsp3) is 0.667. The van der Waals surface area contributed by atoms with E-state index in [-0.39, 0.29) is 11.5 Å². The van der Waals surface area contributed by atoms with Crippen LogP contribution in [0.3, 0.4) is 0 Å². The minimum absolute atomic E-state index is 0.264. The first-order valence-electron chi connectivity index (χ1n) is 9.81. The number of hydrogen-bond acceptors (Lipinski definition) is 3. The molecule has 3 atom stereocenters. The smallest absolute Gasteiger partial charge is 0.248 e. The Hall–Kier alpha value is -1.39. The SMILES string of the molecule is COC1(c2cccc(C(N)=O)c2)[C@@H]2CCC[C@H]1CN(CC1CCC1)C2. The van der Waals surface area contributed by atoms with Gasteiger partial charge >= 0.3 is 0 Å². The van der Waals surface area contributed by atoms with Crippen LogP contribution in [0.2, 0.25) is 0 Å². The van der Waals surface area contributed by atoms with Crippen molar-refractivity contribution in [3.05, 3.63) is 35.4 Å². The Morgan fingerprint density at radius 2 is 1.88 bits per heavy atom. The van der Waals surface area contributed by atoms with Crippen LogP contribution in [0.25, 0.3) is 0 Å². The van der Waals surface area contributed by atoms with E-state index < -0.39 is 0 Å². The molecule has 1 heterocycles. The number of carbonyl (C=O) groups excluding carboxylic acids is 1. The number of hydrogen-bond donors (Lipinski definition) is 1. The van der Waals surface area contributed by atoms with Crippen LogP contribution in [-0.2, 0) is 10.3 Å². The highest BCUT2D eigenvalue weighted by atomic mass is 16.5. The molecule has 4 nitrogen and oxygen atoms in total. The molecule has 0 spiro atoms. The summed E-state index contributed by atoms with van der Waals surface area (Å²) >= 11 is 0. The second kappa shape index (κ2) is 6.73. The fourth-order valence-corrected chi connectivity index (χ4v) is 5.55. The van der Waals surface area contributed by atoms with Crippen molar-refractivity contribution in [1.29, 1.82) is 0 Å². The number of carbonyl (C=O) groups is 1. The van der Waals surface area contributed by atoms with Crippen LogP contribution in [-0.4, -0.2) is 37.6 Å². The Kier molecular flexibility index (Phi) is 4.59. The Labute approximate surface area is 150 Å². The number of amides is 1. The van der Waals surface area contributed by atoms with Gasteiger partial charge in [-0.1, -0.05) is 25.0 Å². The molecule has 0 radical (unpaired) electrons. The molecule has 136 valence electrons. The lowest BCUT2D eigenvalue weighted by atomic mass is 9.62. The molecule has 1 unspecified atom stereocenters. The molecule has 3 aliphatic rings. The van der Waals surface area contributed by atoms with Gasteiger partial charge in [0.15, 0.2) is 0 Å². The van der Waals surface area contributed by atoms with Crippen LogP contribution >= 0.6 is 0 Å². The molecule has 25 heavy (non-hydrogen) atoms. The molecule has 1 saturated heterocycles. The van der Waals surface area contributed by atoms with Gasteiger partial charge in [0.1, 0.15) is 5.60 Å². The van der Waals surface area contributed by atoms with Crippen LogP contribution < -0.4 is 5.73 Å². The van der Waals surface area contributed by atoms with Gasteiger partial charge in [-0.05, 0) is 49.3 Å². The van der Waals surface area contributed by atoms with Crippen molar-refractivity contribution in [2.45, 2.75) is 44.1 Å². The fourth-order valence-electron chi connectivity index (χ4n) is 5.55. The van der Waals surface area contributed by atoms with Crippen LogP contribution in [0.5, 0.6) is 0 Å². The largest absolute Gasteiger partial charge is 0.373 e. The number of piperidine rings is 1. The molecule has 1 amide bonds. The summed E-state index contributed by atoms with van der Waals surface area (Å²) in [6, 6.07) is 7.85. The summed E-state index contributed by atoms with van der Waals surface area (Å²) in [6.07, 6.45) is 7.91. The number of nitrogens with zero attached hydrogens (tertiary/aromatic N) is 1. The molecular formula is C21H30N2O2. The van der Waals surface area contributed by atoms with E-state index in [0.29, 0.717) is 17.4 Å². The second-order valence-corrected chi connectivity index (χ2v) is 8.28. The lowest BCUT2D eigenvalue weighted by molar-refractivity contribution is -0.171. The minimum atomic E-state index is -0.360. The third-order valence-electron chi connectivity index (χ3n) is 6.95. The second-order valence-electron chi connectivity index (χ2n) is 8.28.